The molecule has 31 heavy (non-hydrogen) atoms. The highest BCUT2D eigenvalue weighted by molar-refractivity contribution is 6.05. The number of nitrogens with zero attached hydrogens (tertiary/aromatic N) is 2. The Morgan fingerprint density at radius 2 is 1.84 bits per heavy atom. The van der Waals surface area contributed by atoms with Gasteiger partial charge in [0.15, 0.2) is 11.9 Å². The van der Waals surface area contributed by atoms with E-state index in [0.29, 0.717) is 36.4 Å². The number of ketones is 1. The van der Waals surface area contributed by atoms with Crippen LogP contribution in [-0.2, 0) is 19.1 Å². The Kier molecular flexibility index (Phi) is 9.03. The summed E-state index contributed by atoms with van der Waals surface area (Å²) in [6.07, 6.45) is 1.20. The first-order valence-electron chi connectivity index (χ1n) is 10.9. The van der Waals surface area contributed by atoms with Gasteiger partial charge in [-0.2, -0.15) is 0 Å². The molecule has 0 N–H and O–H groups in total. The zero-order chi connectivity index (χ0) is 23.0. The highest BCUT2D eigenvalue weighted by atomic mass is 16.5. The van der Waals surface area contributed by atoms with Crippen LogP contribution in [0.1, 0.15) is 63.7 Å². The minimum absolute atomic E-state index is 0.0234. The van der Waals surface area contributed by atoms with Gasteiger partial charge >= 0.3 is 5.97 Å². The van der Waals surface area contributed by atoms with Gasteiger partial charge in [-0.25, -0.2) is 0 Å². The zero-order valence-electron chi connectivity index (χ0n) is 18.8. The monoisotopic (exact) mass is 432 g/mol. The van der Waals surface area contributed by atoms with Gasteiger partial charge < -0.3 is 14.4 Å². The van der Waals surface area contributed by atoms with Gasteiger partial charge in [-0.3, -0.25) is 24.1 Å². The summed E-state index contributed by atoms with van der Waals surface area (Å²) >= 11 is 0. The first kappa shape index (κ1) is 24.4. The number of fused-ring (bicyclic) bond motifs is 1. The van der Waals surface area contributed by atoms with Crippen LogP contribution in [0.3, 0.4) is 0 Å². The lowest BCUT2D eigenvalue weighted by Crippen LogP contribution is -2.50. The quantitative estimate of drug-likeness (QED) is 0.394. The van der Waals surface area contributed by atoms with E-state index < -0.39 is 6.10 Å². The van der Waals surface area contributed by atoms with Crippen molar-refractivity contribution < 1.29 is 28.7 Å². The van der Waals surface area contributed by atoms with Crippen molar-refractivity contribution in [3.8, 4) is 5.75 Å². The van der Waals surface area contributed by atoms with E-state index in [1.54, 1.807) is 36.9 Å². The average molecular weight is 433 g/mol. The number of carbonyl (C=O) groups excluding carboxylic acids is 4. The summed E-state index contributed by atoms with van der Waals surface area (Å²) in [7, 11) is 0. The Balaban J connectivity index is 2.24. The Labute approximate surface area is 183 Å². The predicted octanol–water partition coefficient (Wildman–Crippen LogP) is 2.98. The van der Waals surface area contributed by atoms with Crippen LogP contribution in [0.5, 0.6) is 5.75 Å². The van der Waals surface area contributed by atoms with Crippen molar-refractivity contribution in [2.75, 3.05) is 31.1 Å². The van der Waals surface area contributed by atoms with Gasteiger partial charge in [0.2, 0.25) is 5.91 Å². The fraction of sp³-hybridized carbons (Fsp3) is 0.565. The molecule has 1 atom stereocenters. The van der Waals surface area contributed by atoms with E-state index >= 15 is 0 Å². The lowest BCUT2D eigenvalue weighted by molar-refractivity contribution is -0.144. The van der Waals surface area contributed by atoms with Crippen LogP contribution in [-0.4, -0.2) is 60.8 Å². The summed E-state index contributed by atoms with van der Waals surface area (Å²) in [5, 5.41) is 0. The molecule has 0 aromatic heterocycles. The molecule has 0 saturated heterocycles. The lowest BCUT2D eigenvalue weighted by Gasteiger charge is -2.34. The second-order valence-electron chi connectivity index (χ2n) is 7.48. The Morgan fingerprint density at radius 3 is 2.48 bits per heavy atom. The average Bonchev–Trinajstić information content (AvgIpc) is 2.74. The Hall–Kier alpha value is -2.90. The van der Waals surface area contributed by atoms with Crippen molar-refractivity contribution in [1.82, 2.24) is 4.90 Å². The molecule has 0 fully saturated rings. The van der Waals surface area contributed by atoms with E-state index in [-0.39, 0.29) is 49.7 Å². The van der Waals surface area contributed by atoms with Gasteiger partial charge in [-0.1, -0.05) is 13.8 Å². The summed E-state index contributed by atoms with van der Waals surface area (Å²) in [6, 6.07) is 4.97. The molecule has 0 radical (unpaired) electrons. The van der Waals surface area contributed by atoms with E-state index in [4.69, 9.17) is 9.47 Å². The molecule has 8 nitrogen and oxygen atoms in total. The van der Waals surface area contributed by atoms with Gasteiger partial charge in [-0.05, 0) is 44.9 Å². The SMILES string of the molecule is CCCC(=O)c1ccc2c(c1)N(CC(=O)N(CCC)CCC(=O)OCC)C(=O)C(C)O2. The third-order valence-electron chi connectivity index (χ3n) is 5.00. The second-order valence-corrected chi connectivity index (χ2v) is 7.48. The number of amides is 2. The fourth-order valence-corrected chi connectivity index (χ4v) is 3.44. The molecule has 1 aliphatic rings. The van der Waals surface area contributed by atoms with Crippen LogP contribution >= 0.6 is 0 Å². The number of hydrogen-bond donors (Lipinski definition) is 0. The molecule has 170 valence electrons. The molecular formula is C23H32N2O6. The first-order valence-corrected chi connectivity index (χ1v) is 10.9. The van der Waals surface area contributed by atoms with Gasteiger partial charge in [0, 0.05) is 25.1 Å². The van der Waals surface area contributed by atoms with Crippen LogP contribution in [0.25, 0.3) is 0 Å². The molecule has 1 aliphatic heterocycles. The van der Waals surface area contributed by atoms with E-state index in [1.807, 2.05) is 13.8 Å². The minimum Gasteiger partial charge on any atom is -0.479 e. The van der Waals surface area contributed by atoms with Crippen molar-refractivity contribution in [2.45, 2.75) is 59.5 Å². The number of benzene rings is 1. The maximum absolute atomic E-state index is 13.0. The van der Waals surface area contributed by atoms with Gasteiger partial charge in [0.25, 0.3) is 5.91 Å². The second kappa shape index (κ2) is 11.5. The molecule has 0 bridgehead atoms. The number of Topliss-reactive ketones (excluding diaryl/α,β-unsaturated/α-hetero) is 1. The summed E-state index contributed by atoms with van der Waals surface area (Å²) < 4.78 is 10.6. The number of ether oxygens (including phenoxy) is 2. The third-order valence-corrected chi connectivity index (χ3v) is 5.00. The van der Waals surface area contributed by atoms with Crippen molar-refractivity contribution >= 4 is 29.3 Å². The molecule has 8 heteroatoms. The number of rotatable bonds is 11. The molecule has 1 aromatic carbocycles. The molecule has 0 spiro atoms. The molecule has 1 unspecified atom stereocenters. The standard InChI is InChI=1S/C23H32N2O6/c1-5-8-19(26)17-9-10-20-18(14-17)25(23(29)16(4)31-20)15-21(27)24(12-6-2)13-11-22(28)30-7-3/h9-10,14,16H,5-8,11-13,15H2,1-4H3. The van der Waals surface area contributed by atoms with Crippen molar-refractivity contribution in [2.24, 2.45) is 0 Å². The van der Waals surface area contributed by atoms with E-state index in [2.05, 4.69) is 0 Å². The van der Waals surface area contributed by atoms with Crippen LogP contribution in [0.2, 0.25) is 0 Å². The van der Waals surface area contributed by atoms with Gasteiger partial charge in [-0.15, -0.1) is 0 Å². The Bertz CT molecular complexity index is 822. The minimum atomic E-state index is -0.739. The van der Waals surface area contributed by atoms with Gasteiger partial charge in [0.1, 0.15) is 12.3 Å². The van der Waals surface area contributed by atoms with Crippen molar-refractivity contribution in [3.05, 3.63) is 23.8 Å². The van der Waals surface area contributed by atoms with Crippen LogP contribution in [0, 0.1) is 0 Å². The fourth-order valence-electron chi connectivity index (χ4n) is 3.44. The molecular weight excluding hydrogens is 400 g/mol. The third kappa shape index (κ3) is 6.29. The number of carbonyl (C=O) groups is 4. The van der Waals surface area contributed by atoms with Crippen molar-refractivity contribution in [1.29, 1.82) is 0 Å². The maximum atomic E-state index is 13.0. The molecule has 1 aromatic rings. The van der Waals surface area contributed by atoms with Crippen LogP contribution in [0.4, 0.5) is 5.69 Å². The smallest absolute Gasteiger partial charge is 0.307 e. The van der Waals surface area contributed by atoms with Crippen LogP contribution < -0.4 is 9.64 Å². The largest absolute Gasteiger partial charge is 0.479 e. The molecule has 0 aliphatic carbocycles. The highest BCUT2D eigenvalue weighted by Gasteiger charge is 2.34. The summed E-state index contributed by atoms with van der Waals surface area (Å²) in [5.74, 6) is -0.546. The summed E-state index contributed by atoms with van der Waals surface area (Å²) in [5.41, 5.74) is 0.900. The summed E-state index contributed by atoms with van der Waals surface area (Å²) in [6.45, 7) is 8.01. The molecule has 1 heterocycles. The predicted molar refractivity (Wildman–Crippen MR) is 116 cm³/mol. The van der Waals surface area contributed by atoms with Gasteiger partial charge in [0.05, 0.1) is 18.7 Å². The molecule has 2 amide bonds. The first-order chi connectivity index (χ1) is 14.8. The van der Waals surface area contributed by atoms with E-state index in [9.17, 15) is 19.2 Å². The topological polar surface area (TPSA) is 93.2 Å². The van der Waals surface area contributed by atoms with E-state index in [1.165, 1.54) is 4.90 Å². The molecule has 2 rings (SSSR count). The highest BCUT2D eigenvalue weighted by Crippen LogP contribution is 2.35. The zero-order valence-corrected chi connectivity index (χ0v) is 18.8. The normalized spacial score (nSPS) is 15.2. The number of anilines is 1. The molecule has 0 saturated carbocycles. The number of esters is 1. The Morgan fingerprint density at radius 1 is 1.10 bits per heavy atom. The number of hydrogen-bond acceptors (Lipinski definition) is 6. The van der Waals surface area contributed by atoms with Crippen molar-refractivity contribution in [3.63, 3.8) is 0 Å². The lowest BCUT2D eigenvalue weighted by atomic mass is 10.0. The van der Waals surface area contributed by atoms with E-state index in [0.717, 1.165) is 6.42 Å². The van der Waals surface area contributed by atoms with Crippen LogP contribution in [0.15, 0.2) is 18.2 Å². The summed E-state index contributed by atoms with van der Waals surface area (Å²) in [4.78, 5) is 52.8. The maximum Gasteiger partial charge on any atom is 0.307 e.